The van der Waals surface area contributed by atoms with Crippen LogP contribution in [0.1, 0.15) is 31.4 Å². The molecule has 1 aliphatic rings. The second kappa shape index (κ2) is 8.80. The molecule has 7 heteroatoms. The first-order chi connectivity index (χ1) is 13.4. The summed E-state index contributed by atoms with van der Waals surface area (Å²) in [4.78, 5) is 26.3. The van der Waals surface area contributed by atoms with E-state index in [1.54, 1.807) is 6.08 Å². The van der Waals surface area contributed by atoms with Crippen molar-refractivity contribution in [1.82, 2.24) is 4.90 Å². The number of ether oxygens (including phenoxy) is 1. The highest BCUT2D eigenvalue weighted by atomic mass is 35.5. The Morgan fingerprint density at radius 1 is 1.21 bits per heavy atom. The Hall–Kier alpha value is -2.31. The molecule has 2 aromatic carbocycles. The minimum Gasteiger partial charge on any atom is -0.491 e. The van der Waals surface area contributed by atoms with E-state index in [2.05, 4.69) is 0 Å². The molecule has 3 rings (SSSR count). The fourth-order valence-electron chi connectivity index (χ4n) is 2.57. The molecular weight excluding hydrogens is 401 g/mol. The molecule has 1 fully saturated rings. The van der Waals surface area contributed by atoms with Crippen molar-refractivity contribution in [3.8, 4) is 5.75 Å². The van der Waals surface area contributed by atoms with Gasteiger partial charge in [0.1, 0.15) is 11.6 Å². The van der Waals surface area contributed by atoms with Crippen LogP contribution in [-0.4, -0.2) is 22.2 Å². The zero-order valence-electron chi connectivity index (χ0n) is 15.4. The highest BCUT2D eigenvalue weighted by Crippen LogP contribution is 2.34. The van der Waals surface area contributed by atoms with Crippen LogP contribution in [0.15, 0.2) is 47.4 Å². The van der Waals surface area contributed by atoms with E-state index in [1.165, 1.54) is 12.1 Å². The lowest BCUT2D eigenvalue weighted by atomic mass is 10.2. The topological polar surface area (TPSA) is 46.6 Å². The van der Waals surface area contributed by atoms with Crippen molar-refractivity contribution >= 4 is 40.6 Å². The number of thioether (sulfide) groups is 1. The summed E-state index contributed by atoms with van der Waals surface area (Å²) in [7, 11) is 0. The van der Waals surface area contributed by atoms with Gasteiger partial charge < -0.3 is 4.74 Å². The lowest BCUT2D eigenvalue weighted by Crippen LogP contribution is -2.27. The Balaban J connectivity index is 1.73. The van der Waals surface area contributed by atoms with Crippen LogP contribution in [-0.2, 0) is 11.3 Å². The van der Waals surface area contributed by atoms with E-state index in [0.29, 0.717) is 10.5 Å². The molecule has 1 aliphatic heterocycles. The van der Waals surface area contributed by atoms with Gasteiger partial charge in [0, 0.05) is 5.02 Å². The van der Waals surface area contributed by atoms with Gasteiger partial charge in [-0.3, -0.25) is 14.5 Å². The summed E-state index contributed by atoms with van der Waals surface area (Å²) < 4.78 is 18.9. The normalized spacial score (nSPS) is 16.7. The molecule has 1 heterocycles. The minimum atomic E-state index is -0.469. The molecule has 2 amide bonds. The Morgan fingerprint density at radius 2 is 1.93 bits per heavy atom. The van der Waals surface area contributed by atoms with Crippen LogP contribution in [0, 0.1) is 5.82 Å². The number of hydrogen-bond donors (Lipinski definition) is 0. The first-order valence-electron chi connectivity index (χ1n) is 8.83. The number of hydrogen-bond acceptors (Lipinski definition) is 4. The molecular formula is C21H19ClFNO3S. The molecule has 28 heavy (non-hydrogen) atoms. The monoisotopic (exact) mass is 419 g/mol. The predicted octanol–water partition coefficient (Wildman–Crippen LogP) is 5.89. The molecule has 0 bridgehead atoms. The summed E-state index contributed by atoms with van der Waals surface area (Å²) in [6.07, 6.45) is 2.71. The van der Waals surface area contributed by atoms with E-state index in [1.807, 2.05) is 38.1 Å². The Morgan fingerprint density at radius 3 is 2.57 bits per heavy atom. The van der Waals surface area contributed by atoms with E-state index in [4.69, 9.17) is 16.3 Å². The van der Waals surface area contributed by atoms with Crippen molar-refractivity contribution in [3.63, 3.8) is 0 Å². The molecule has 1 saturated heterocycles. The zero-order valence-corrected chi connectivity index (χ0v) is 17.0. The molecule has 0 radical (unpaired) electrons. The number of amides is 2. The van der Waals surface area contributed by atoms with Gasteiger partial charge in [-0.2, -0.15) is 0 Å². The molecule has 0 spiro atoms. The molecule has 146 valence electrons. The smallest absolute Gasteiger partial charge is 0.293 e. The zero-order chi connectivity index (χ0) is 20.3. The van der Waals surface area contributed by atoms with Crippen LogP contribution in [0.25, 0.3) is 6.08 Å². The molecule has 4 nitrogen and oxygen atoms in total. The SMILES string of the molecule is CC[C@H](C)Oc1ccc(/C=C2\SC(=O)N(Cc3ccc(F)cc3Cl)C2=O)cc1. The van der Waals surface area contributed by atoms with Gasteiger partial charge in [-0.25, -0.2) is 4.39 Å². The molecule has 0 aromatic heterocycles. The van der Waals surface area contributed by atoms with Crippen LogP contribution >= 0.6 is 23.4 Å². The van der Waals surface area contributed by atoms with E-state index < -0.39 is 11.7 Å². The fourth-order valence-corrected chi connectivity index (χ4v) is 3.63. The molecule has 2 aromatic rings. The summed E-state index contributed by atoms with van der Waals surface area (Å²) >= 11 is 6.88. The summed E-state index contributed by atoms with van der Waals surface area (Å²) in [5, 5.41) is -0.201. The van der Waals surface area contributed by atoms with Crippen LogP contribution < -0.4 is 4.74 Å². The largest absolute Gasteiger partial charge is 0.491 e. The number of benzene rings is 2. The number of carbonyl (C=O) groups is 2. The lowest BCUT2D eigenvalue weighted by molar-refractivity contribution is -0.123. The van der Waals surface area contributed by atoms with E-state index in [0.717, 1.165) is 40.5 Å². The van der Waals surface area contributed by atoms with Crippen molar-refractivity contribution in [2.45, 2.75) is 32.9 Å². The van der Waals surface area contributed by atoms with E-state index in [-0.39, 0.29) is 22.9 Å². The minimum absolute atomic E-state index is 0.00278. The average Bonchev–Trinajstić information content (AvgIpc) is 2.92. The number of nitrogens with zero attached hydrogens (tertiary/aromatic N) is 1. The Labute approximate surface area is 172 Å². The Bertz CT molecular complexity index is 930. The van der Waals surface area contributed by atoms with Gasteiger partial charge in [0.15, 0.2) is 0 Å². The number of halogens is 2. The molecule has 0 unspecified atom stereocenters. The van der Waals surface area contributed by atoms with Crippen molar-refractivity contribution < 1.29 is 18.7 Å². The van der Waals surface area contributed by atoms with Crippen molar-refractivity contribution in [2.24, 2.45) is 0 Å². The Kier molecular flexibility index (Phi) is 6.42. The second-order valence-corrected chi connectivity index (χ2v) is 7.81. The summed E-state index contributed by atoms with van der Waals surface area (Å²) in [6, 6.07) is 11.2. The van der Waals surface area contributed by atoms with Crippen LogP contribution in [0.4, 0.5) is 9.18 Å². The highest BCUT2D eigenvalue weighted by Gasteiger charge is 2.35. The summed E-state index contributed by atoms with van der Waals surface area (Å²) in [5.74, 6) is -0.107. The highest BCUT2D eigenvalue weighted by molar-refractivity contribution is 8.18. The first-order valence-corrected chi connectivity index (χ1v) is 10.0. The van der Waals surface area contributed by atoms with Gasteiger partial charge in [-0.1, -0.05) is 36.7 Å². The van der Waals surface area contributed by atoms with Gasteiger partial charge in [-0.05, 0) is 66.6 Å². The molecule has 0 saturated carbocycles. The third-order valence-electron chi connectivity index (χ3n) is 4.31. The van der Waals surface area contributed by atoms with Crippen LogP contribution in [0.3, 0.4) is 0 Å². The maximum Gasteiger partial charge on any atom is 0.293 e. The van der Waals surface area contributed by atoms with Crippen molar-refractivity contribution in [1.29, 1.82) is 0 Å². The van der Waals surface area contributed by atoms with Gasteiger partial charge in [0.2, 0.25) is 0 Å². The van der Waals surface area contributed by atoms with Crippen LogP contribution in [0.2, 0.25) is 5.02 Å². The van der Waals surface area contributed by atoms with Crippen LogP contribution in [0.5, 0.6) is 5.75 Å². The molecule has 0 aliphatic carbocycles. The standard InChI is InChI=1S/C21H19ClFNO3S/c1-3-13(2)27-17-8-4-14(5-9-17)10-19-20(25)24(21(26)28-19)12-15-6-7-16(23)11-18(15)22/h4-11,13H,3,12H2,1-2H3/b19-10-/t13-/m0/s1. The fraction of sp³-hybridized carbons (Fsp3) is 0.238. The summed E-state index contributed by atoms with van der Waals surface area (Å²) in [5.41, 5.74) is 1.31. The number of imide groups is 1. The van der Waals surface area contributed by atoms with Gasteiger partial charge in [0.05, 0.1) is 17.6 Å². The third kappa shape index (κ3) is 4.75. The average molecular weight is 420 g/mol. The van der Waals surface area contributed by atoms with E-state index >= 15 is 0 Å². The van der Waals surface area contributed by atoms with Gasteiger partial charge in [-0.15, -0.1) is 0 Å². The van der Waals surface area contributed by atoms with Gasteiger partial charge >= 0.3 is 0 Å². The summed E-state index contributed by atoms with van der Waals surface area (Å²) in [6.45, 7) is 4.05. The quantitative estimate of drug-likeness (QED) is 0.547. The predicted molar refractivity (Wildman–Crippen MR) is 110 cm³/mol. The maximum absolute atomic E-state index is 13.2. The molecule has 1 atom stereocenters. The maximum atomic E-state index is 13.2. The second-order valence-electron chi connectivity index (χ2n) is 6.41. The van der Waals surface area contributed by atoms with Crippen molar-refractivity contribution in [2.75, 3.05) is 0 Å². The van der Waals surface area contributed by atoms with Crippen molar-refractivity contribution in [3.05, 3.63) is 69.3 Å². The first kappa shape index (κ1) is 20.4. The number of carbonyl (C=O) groups excluding carboxylic acids is 2. The third-order valence-corrected chi connectivity index (χ3v) is 5.57. The lowest BCUT2D eigenvalue weighted by Gasteiger charge is -2.13. The van der Waals surface area contributed by atoms with E-state index in [9.17, 15) is 14.0 Å². The van der Waals surface area contributed by atoms with Gasteiger partial charge in [0.25, 0.3) is 11.1 Å². The molecule has 0 N–H and O–H groups in total. The number of rotatable bonds is 6.